The van der Waals surface area contributed by atoms with E-state index in [0.717, 1.165) is 45.8 Å². The van der Waals surface area contributed by atoms with Gasteiger partial charge >= 0.3 is 0 Å². The van der Waals surface area contributed by atoms with Gasteiger partial charge in [-0.05, 0) is 72.4 Å². The maximum atomic E-state index is 14.1. The van der Waals surface area contributed by atoms with Gasteiger partial charge in [-0.15, -0.1) is 0 Å². The summed E-state index contributed by atoms with van der Waals surface area (Å²) in [5.74, 6) is 1.29. The number of amides is 2. The first-order valence-corrected chi connectivity index (χ1v) is 14.6. The van der Waals surface area contributed by atoms with E-state index in [0.29, 0.717) is 42.1 Å². The van der Waals surface area contributed by atoms with Crippen molar-refractivity contribution in [3.05, 3.63) is 119 Å². The molecule has 0 radical (unpaired) electrons. The molecule has 2 amide bonds. The fraction of sp³-hybridized carbons (Fsp3) is 0.182. The van der Waals surface area contributed by atoms with Gasteiger partial charge in [-0.3, -0.25) is 14.9 Å². The lowest BCUT2D eigenvalue weighted by molar-refractivity contribution is -0.118. The zero-order valence-electron chi connectivity index (χ0n) is 23.2. The highest BCUT2D eigenvalue weighted by Gasteiger charge is 2.31. The molecule has 1 fully saturated rings. The van der Waals surface area contributed by atoms with Crippen LogP contribution in [-0.2, 0) is 37.7 Å². The Morgan fingerprint density at radius 2 is 1.67 bits per heavy atom. The molecule has 1 unspecified atom stereocenters. The number of para-hydroxylation sites is 1. The second-order valence-corrected chi connectivity index (χ2v) is 11.4. The molecule has 1 aromatic heterocycles. The van der Waals surface area contributed by atoms with E-state index in [-0.39, 0.29) is 17.8 Å². The predicted octanol–water partition coefficient (Wildman–Crippen LogP) is 6.90. The van der Waals surface area contributed by atoms with Gasteiger partial charge in [-0.25, -0.2) is 13.8 Å². The Balaban J connectivity index is 1.10. The summed E-state index contributed by atoms with van der Waals surface area (Å²) in [6, 6.07) is 24.4. The number of aromatic nitrogens is 2. The number of thioether (sulfide) groups is 1. The highest BCUT2D eigenvalue weighted by molar-refractivity contribution is 8.15. The number of imide groups is 1. The molecule has 2 heterocycles. The summed E-state index contributed by atoms with van der Waals surface area (Å²) in [6.45, 7) is 0.249. The van der Waals surface area contributed by atoms with Gasteiger partial charge < -0.3 is 14.0 Å². The fourth-order valence-corrected chi connectivity index (χ4v) is 5.81. The fourth-order valence-electron chi connectivity index (χ4n) is 4.95. The monoisotopic (exact) mass is 599 g/mol. The Morgan fingerprint density at radius 1 is 0.907 bits per heavy atom. The van der Waals surface area contributed by atoms with Gasteiger partial charge in [0.05, 0.1) is 16.3 Å². The number of nitrogens with zero attached hydrogens (tertiary/aromatic N) is 2. The molecule has 1 atom stereocenters. The quantitative estimate of drug-likeness (QED) is 0.188. The smallest absolute Gasteiger partial charge is 0.286 e. The highest BCUT2D eigenvalue weighted by Crippen LogP contribution is 2.30. The molecule has 0 spiro atoms. The van der Waals surface area contributed by atoms with Crippen molar-refractivity contribution in [2.24, 2.45) is 7.05 Å². The number of benzene rings is 4. The number of rotatable bonds is 10. The maximum absolute atomic E-state index is 14.1. The van der Waals surface area contributed by atoms with Crippen molar-refractivity contribution in [2.75, 3.05) is 0 Å². The number of ether oxygens (including phenoxy) is 2. The number of hydrogen-bond donors (Lipinski definition) is 1. The number of imidazole rings is 1. The van der Waals surface area contributed by atoms with Gasteiger partial charge in [0.15, 0.2) is 0 Å². The topological polar surface area (TPSA) is 82.5 Å². The van der Waals surface area contributed by atoms with Crippen LogP contribution in [0.25, 0.3) is 11.0 Å². The SMILES string of the molecule is Cn1c(COc2ccc(CC3SC(=O)NC3=O)cc2)nc2ccc(Oc3ccccc3CCc3ccc(F)cc3F)cc21. The van der Waals surface area contributed by atoms with Crippen molar-refractivity contribution in [2.45, 2.75) is 31.1 Å². The van der Waals surface area contributed by atoms with E-state index in [4.69, 9.17) is 14.5 Å². The number of halogens is 2. The molecule has 5 aromatic rings. The maximum Gasteiger partial charge on any atom is 0.286 e. The number of hydrogen-bond acceptors (Lipinski definition) is 6. The van der Waals surface area contributed by atoms with Gasteiger partial charge in [-0.1, -0.05) is 48.2 Å². The molecular weight excluding hydrogens is 572 g/mol. The standard InChI is InChI=1S/C33H27F2N3O4S/c1-38-28-18-25(42-29-5-3-2-4-22(29)9-8-21-10-11-23(34)17-26(21)35)14-15-27(28)36-31(38)19-41-24-12-6-20(7-13-24)16-30-32(39)37-33(40)43-30/h2-7,10-15,17-18,30H,8-9,16,19H2,1H3,(H,37,39,40). The Labute approximate surface area is 250 Å². The highest BCUT2D eigenvalue weighted by atomic mass is 32.2. The molecule has 1 aliphatic rings. The second-order valence-electron chi connectivity index (χ2n) is 10.2. The molecule has 7 nitrogen and oxygen atoms in total. The van der Waals surface area contributed by atoms with Crippen molar-refractivity contribution in [3.63, 3.8) is 0 Å². The van der Waals surface area contributed by atoms with E-state index in [2.05, 4.69) is 5.32 Å². The van der Waals surface area contributed by atoms with Crippen LogP contribution in [0.4, 0.5) is 13.6 Å². The molecule has 0 aliphatic carbocycles. The minimum atomic E-state index is -0.591. The molecule has 0 saturated carbocycles. The lowest BCUT2D eigenvalue weighted by atomic mass is 10.0. The average Bonchev–Trinajstić information content (AvgIpc) is 3.49. The van der Waals surface area contributed by atoms with E-state index in [1.165, 1.54) is 12.1 Å². The largest absolute Gasteiger partial charge is 0.486 e. The summed E-state index contributed by atoms with van der Waals surface area (Å²) in [5, 5.41) is 1.59. The average molecular weight is 600 g/mol. The zero-order chi connectivity index (χ0) is 29.9. The molecular formula is C33H27F2N3O4S. The lowest BCUT2D eigenvalue weighted by Crippen LogP contribution is -2.25. The first kappa shape index (κ1) is 28.4. The lowest BCUT2D eigenvalue weighted by Gasteiger charge is -2.12. The van der Waals surface area contributed by atoms with Crippen LogP contribution in [0.3, 0.4) is 0 Å². The van der Waals surface area contributed by atoms with Gasteiger partial charge in [0.2, 0.25) is 5.91 Å². The summed E-state index contributed by atoms with van der Waals surface area (Å²) in [4.78, 5) is 27.9. The van der Waals surface area contributed by atoms with Crippen molar-refractivity contribution >= 4 is 33.9 Å². The third-order valence-corrected chi connectivity index (χ3v) is 8.28. The van der Waals surface area contributed by atoms with Gasteiger partial charge in [0.1, 0.15) is 41.3 Å². The van der Waals surface area contributed by atoms with E-state index in [9.17, 15) is 18.4 Å². The summed E-state index contributed by atoms with van der Waals surface area (Å²) in [5.41, 5.74) is 3.97. The molecule has 43 heavy (non-hydrogen) atoms. The molecule has 1 saturated heterocycles. The van der Waals surface area contributed by atoms with Gasteiger partial charge in [0.25, 0.3) is 5.24 Å². The summed E-state index contributed by atoms with van der Waals surface area (Å²) < 4.78 is 41.6. The normalized spacial score (nSPS) is 14.7. The van der Waals surface area contributed by atoms with Gasteiger partial charge in [0, 0.05) is 19.2 Å². The van der Waals surface area contributed by atoms with Crippen LogP contribution < -0.4 is 14.8 Å². The molecule has 1 N–H and O–H groups in total. The first-order chi connectivity index (χ1) is 20.8. The van der Waals surface area contributed by atoms with E-state index in [1.807, 2.05) is 78.3 Å². The van der Waals surface area contributed by atoms with Crippen LogP contribution in [0.5, 0.6) is 17.2 Å². The van der Waals surface area contributed by atoms with Crippen LogP contribution in [-0.4, -0.2) is 25.9 Å². The van der Waals surface area contributed by atoms with E-state index in [1.54, 1.807) is 0 Å². The van der Waals surface area contributed by atoms with Gasteiger partial charge in [-0.2, -0.15) is 0 Å². The Morgan fingerprint density at radius 3 is 2.44 bits per heavy atom. The Hall–Kier alpha value is -4.70. The first-order valence-electron chi connectivity index (χ1n) is 13.7. The Kier molecular flexibility index (Phi) is 8.11. The molecule has 218 valence electrons. The number of nitrogens with one attached hydrogen (secondary N) is 1. The van der Waals surface area contributed by atoms with E-state index >= 15 is 0 Å². The summed E-state index contributed by atoms with van der Waals surface area (Å²) >= 11 is 1.01. The second kappa shape index (κ2) is 12.3. The van der Waals surface area contributed by atoms with Crippen LogP contribution in [0.15, 0.2) is 84.9 Å². The minimum Gasteiger partial charge on any atom is -0.486 e. The molecule has 1 aliphatic heterocycles. The summed E-state index contributed by atoms with van der Waals surface area (Å²) in [6.07, 6.45) is 1.41. The molecule has 0 bridgehead atoms. The number of fused-ring (bicyclic) bond motifs is 1. The van der Waals surface area contributed by atoms with Crippen LogP contribution >= 0.6 is 11.8 Å². The third-order valence-electron chi connectivity index (χ3n) is 7.30. The zero-order valence-corrected chi connectivity index (χ0v) is 24.0. The minimum absolute atomic E-state index is 0.249. The Bertz CT molecular complexity index is 1820. The van der Waals surface area contributed by atoms with Crippen molar-refractivity contribution in [1.29, 1.82) is 0 Å². The molecule has 10 heteroatoms. The molecule has 4 aromatic carbocycles. The third kappa shape index (κ3) is 6.54. The van der Waals surface area contributed by atoms with E-state index < -0.39 is 16.9 Å². The number of carbonyl (C=O) groups is 2. The van der Waals surface area contributed by atoms with Crippen LogP contribution in [0.2, 0.25) is 0 Å². The summed E-state index contributed by atoms with van der Waals surface area (Å²) in [7, 11) is 1.91. The van der Waals surface area contributed by atoms with Crippen LogP contribution in [0.1, 0.15) is 22.5 Å². The van der Waals surface area contributed by atoms with Crippen molar-refractivity contribution in [1.82, 2.24) is 14.9 Å². The van der Waals surface area contributed by atoms with Crippen molar-refractivity contribution in [3.8, 4) is 17.2 Å². The number of carbonyl (C=O) groups excluding carboxylic acids is 2. The molecule has 6 rings (SSSR count). The number of aryl methyl sites for hydroxylation is 3. The van der Waals surface area contributed by atoms with Crippen LogP contribution in [0, 0.1) is 11.6 Å². The predicted molar refractivity (Wildman–Crippen MR) is 160 cm³/mol. The van der Waals surface area contributed by atoms with Crippen molar-refractivity contribution < 1.29 is 27.8 Å².